The number of aliphatic hydroxyl groups is 1. The Kier molecular flexibility index (Phi) is 8.59. The van der Waals surface area contributed by atoms with Crippen molar-refractivity contribution in [2.45, 2.75) is 64.9 Å². The molecule has 0 saturated carbocycles. The van der Waals surface area contributed by atoms with Gasteiger partial charge in [0.1, 0.15) is 18.3 Å². The van der Waals surface area contributed by atoms with Crippen LogP contribution in [0.15, 0.2) is 18.2 Å². The van der Waals surface area contributed by atoms with E-state index >= 15 is 0 Å². The molecule has 6 atom stereocenters. The minimum Gasteiger partial charge on any atom is -0.505 e. The van der Waals surface area contributed by atoms with Gasteiger partial charge in [-0.15, -0.1) is 0 Å². The van der Waals surface area contributed by atoms with E-state index in [1.165, 1.54) is 32.0 Å². The van der Waals surface area contributed by atoms with Crippen LogP contribution in [-0.4, -0.2) is 58.8 Å². The molecule has 1 aliphatic heterocycles. The number of amides is 2. The molecular weight excluding hydrogens is 420 g/mol. The first-order chi connectivity index (χ1) is 15.1. The van der Waals surface area contributed by atoms with E-state index in [0.29, 0.717) is 12.8 Å². The number of benzene rings is 1. The first kappa shape index (κ1) is 25.1. The van der Waals surface area contributed by atoms with Gasteiger partial charge in [0.25, 0.3) is 5.91 Å². The number of para-hydroxylation sites is 1. The van der Waals surface area contributed by atoms with Gasteiger partial charge in [0.2, 0.25) is 6.41 Å². The fourth-order valence-corrected chi connectivity index (χ4v) is 3.46. The van der Waals surface area contributed by atoms with E-state index in [1.54, 1.807) is 0 Å². The second-order valence-corrected chi connectivity index (χ2v) is 8.05. The number of aliphatic hydroxyl groups excluding tert-OH is 1. The van der Waals surface area contributed by atoms with Crippen LogP contribution in [0.25, 0.3) is 0 Å². The first-order valence-electron chi connectivity index (χ1n) is 10.5. The highest BCUT2D eigenvalue weighted by atomic mass is 16.6. The first-order valence-corrected chi connectivity index (χ1v) is 10.5. The van der Waals surface area contributed by atoms with Crippen LogP contribution in [0, 0.1) is 11.8 Å². The van der Waals surface area contributed by atoms with Gasteiger partial charge < -0.3 is 30.3 Å². The second kappa shape index (κ2) is 10.9. The van der Waals surface area contributed by atoms with E-state index < -0.39 is 53.9 Å². The van der Waals surface area contributed by atoms with Crippen LogP contribution in [0.4, 0.5) is 5.69 Å². The van der Waals surface area contributed by atoms with E-state index in [0.717, 1.165) is 6.42 Å². The molecule has 0 aliphatic carbocycles. The summed E-state index contributed by atoms with van der Waals surface area (Å²) < 4.78 is 10.8. The number of anilines is 1. The van der Waals surface area contributed by atoms with Gasteiger partial charge in [0.05, 0.1) is 17.2 Å². The standard InChI is InChI=1S/C22H30N2O8/c1-5-11(2)9-15-18(26)13(4)32-22(30)17(12(3)31-21(15)29)24-20(28)14-7-6-8-16(19(14)27)23-10-25/h6-8,10-13,15,17-18,26-27H,5,9H2,1-4H3,(H,23,25)(H,24,28)/t11-,12-,13+,15-,17+,18+/m1/s1. The van der Waals surface area contributed by atoms with Crippen LogP contribution in [0.3, 0.4) is 0 Å². The van der Waals surface area contributed by atoms with Crippen LogP contribution in [0.5, 0.6) is 5.75 Å². The predicted molar refractivity (Wildman–Crippen MR) is 114 cm³/mol. The number of rotatable bonds is 7. The summed E-state index contributed by atoms with van der Waals surface area (Å²) in [4.78, 5) is 48.9. The fraction of sp³-hybridized carbons (Fsp3) is 0.545. The highest BCUT2D eigenvalue weighted by Crippen LogP contribution is 2.28. The number of nitrogens with one attached hydrogen (secondary N) is 2. The zero-order valence-corrected chi connectivity index (χ0v) is 18.5. The number of hydrogen-bond donors (Lipinski definition) is 4. The molecule has 10 heteroatoms. The molecule has 0 bridgehead atoms. The van der Waals surface area contributed by atoms with E-state index in [1.807, 2.05) is 13.8 Å². The molecule has 1 fully saturated rings. The molecule has 1 heterocycles. The van der Waals surface area contributed by atoms with Crippen LogP contribution in [-0.2, 0) is 23.9 Å². The molecule has 1 aromatic rings. The van der Waals surface area contributed by atoms with Crippen molar-refractivity contribution in [2.24, 2.45) is 11.8 Å². The topological polar surface area (TPSA) is 151 Å². The number of carbonyl (C=O) groups is 4. The Morgan fingerprint density at radius 3 is 2.47 bits per heavy atom. The van der Waals surface area contributed by atoms with Gasteiger partial charge in [0, 0.05) is 0 Å². The van der Waals surface area contributed by atoms with Crippen molar-refractivity contribution < 1.29 is 38.9 Å². The van der Waals surface area contributed by atoms with Gasteiger partial charge in [-0.2, -0.15) is 0 Å². The van der Waals surface area contributed by atoms with Crippen molar-refractivity contribution >= 4 is 29.9 Å². The zero-order valence-electron chi connectivity index (χ0n) is 18.5. The van der Waals surface area contributed by atoms with Gasteiger partial charge in [0.15, 0.2) is 11.8 Å². The third-order valence-electron chi connectivity index (χ3n) is 5.66. The summed E-state index contributed by atoms with van der Waals surface area (Å²) in [6.45, 7) is 6.80. The van der Waals surface area contributed by atoms with Gasteiger partial charge >= 0.3 is 11.9 Å². The lowest BCUT2D eigenvalue weighted by molar-refractivity contribution is -0.160. The maximum Gasteiger partial charge on any atom is 0.332 e. The summed E-state index contributed by atoms with van der Waals surface area (Å²) in [7, 11) is 0. The highest BCUT2D eigenvalue weighted by Gasteiger charge is 2.41. The Morgan fingerprint density at radius 1 is 1.19 bits per heavy atom. The minimum absolute atomic E-state index is 0.00815. The predicted octanol–water partition coefficient (Wildman–Crippen LogP) is 1.35. The minimum atomic E-state index is -1.38. The lowest BCUT2D eigenvalue weighted by Crippen LogP contribution is -2.50. The number of aromatic hydroxyl groups is 1. The quantitative estimate of drug-likeness (QED) is 0.276. The van der Waals surface area contributed by atoms with E-state index in [2.05, 4.69) is 10.6 Å². The Balaban J connectivity index is 2.28. The molecule has 0 spiro atoms. The number of phenolic OH excluding ortho intramolecular Hbond substituents is 1. The number of hydrogen-bond acceptors (Lipinski definition) is 8. The smallest absolute Gasteiger partial charge is 0.332 e. The summed E-state index contributed by atoms with van der Waals surface area (Å²) in [6, 6.07) is 2.74. The van der Waals surface area contributed by atoms with Gasteiger partial charge in [-0.05, 0) is 38.3 Å². The molecule has 0 unspecified atom stereocenters. The van der Waals surface area contributed by atoms with Crippen LogP contribution < -0.4 is 10.6 Å². The number of ether oxygens (including phenoxy) is 2. The number of cyclic esters (lactones) is 2. The number of esters is 2. The van der Waals surface area contributed by atoms with Crippen molar-refractivity contribution in [2.75, 3.05) is 5.32 Å². The third kappa shape index (κ3) is 5.76. The van der Waals surface area contributed by atoms with E-state index in [-0.39, 0.29) is 17.2 Å². The normalized spacial score (nSPS) is 27.1. The maximum absolute atomic E-state index is 12.8. The molecule has 1 aromatic carbocycles. The van der Waals surface area contributed by atoms with Crippen molar-refractivity contribution in [3.8, 4) is 5.75 Å². The van der Waals surface area contributed by atoms with Crippen LogP contribution >= 0.6 is 0 Å². The largest absolute Gasteiger partial charge is 0.505 e. The Bertz CT molecular complexity index is 858. The van der Waals surface area contributed by atoms with Crippen molar-refractivity contribution in [3.63, 3.8) is 0 Å². The SMILES string of the molecule is CC[C@@H](C)C[C@H]1C(=O)O[C@H](C)[C@H](NC(=O)c2cccc(NC=O)c2O)C(=O)O[C@@H](C)[C@@H]1O. The number of phenols is 1. The van der Waals surface area contributed by atoms with E-state index in [9.17, 15) is 29.4 Å². The van der Waals surface area contributed by atoms with Gasteiger partial charge in [-0.3, -0.25) is 14.4 Å². The Morgan fingerprint density at radius 2 is 1.84 bits per heavy atom. The summed E-state index contributed by atoms with van der Waals surface area (Å²) in [5.41, 5.74) is -0.195. The van der Waals surface area contributed by atoms with Crippen LogP contribution in [0.1, 0.15) is 50.9 Å². The van der Waals surface area contributed by atoms with E-state index in [4.69, 9.17) is 9.47 Å². The Labute approximate surface area is 186 Å². The Hall–Kier alpha value is -3.14. The lowest BCUT2D eigenvalue weighted by Gasteiger charge is -2.26. The van der Waals surface area contributed by atoms with Crippen molar-refractivity contribution in [1.82, 2.24) is 5.32 Å². The van der Waals surface area contributed by atoms with Crippen LogP contribution in [0.2, 0.25) is 0 Å². The molecular formula is C22H30N2O8. The molecule has 2 rings (SSSR count). The number of carbonyl (C=O) groups excluding carboxylic acids is 4. The summed E-state index contributed by atoms with van der Waals surface area (Å²) in [5, 5.41) is 25.5. The summed E-state index contributed by atoms with van der Waals surface area (Å²) >= 11 is 0. The van der Waals surface area contributed by atoms with Gasteiger partial charge in [-0.1, -0.05) is 26.3 Å². The average Bonchev–Trinajstić information content (AvgIpc) is 2.77. The molecule has 4 N–H and O–H groups in total. The lowest BCUT2D eigenvalue weighted by atomic mass is 9.88. The molecule has 0 radical (unpaired) electrons. The summed E-state index contributed by atoms with van der Waals surface area (Å²) in [5.74, 6) is -3.67. The monoisotopic (exact) mass is 450 g/mol. The molecule has 2 amide bonds. The zero-order chi connectivity index (χ0) is 24.0. The van der Waals surface area contributed by atoms with Crippen molar-refractivity contribution in [1.29, 1.82) is 0 Å². The van der Waals surface area contributed by atoms with Crippen molar-refractivity contribution in [3.05, 3.63) is 23.8 Å². The highest BCUT2D eigenvalue weighted by molar-refractivity contribution is 6.01. The molecule has 0 aromatic heterocycles. The molecule has 32 heavy (non-hydrogen) atoms. The molecule has 1 aliphatic rings. The van der Waals surface area contributed by atoms with Gasteiger partial charge in [-0.25, -0.2) is 4.79 Å². The summed E-state index contributed by atoms with van der Waals surface area (Å²) in [6.07, 6.45) is -1.89. The maximum atomic E-state index is 12.8. The average molecular weight is 450 g/mol. The molecule has 176 valence electrons. The second-order valence-electron chi connectivity index (χ2n) is 8.05. The third-order valence-corrected chi connectivity index (χ3v) is 5.66. The fourth-order valence-electron chi connectivity index (χ4n) is 3.46. The molecule has 1 saturated heterocycles. The molecule has 10 nitrogen and oxygen atoms in total.